The van der Waals surface area contributed by atoms with Gasteiger partial charge in [0.25, 0.3) is 0 Å². The van der Waals surface area contributed by atoms with Crippen LogP contribution in [0.15, 0.2) is 42.5 Å². The predicted octanol–water partition coefficient (Wildman–Crippen LogP) is 3.58. The van der Waals surface area contributed by atoms with Gasteiger partial charge in [0.05, 0.1) is 11.9 Å². The lowest BCUT2D eigenvalue weighted by Gasteiger charge is -2.34. The first-order chi connectivity index (χ1) is 18.2. The van der Waals surface area contributed by atoms with E-state index in [2.05, 4.69) is 5.32 Å². The Labute approximate surface area is 222 Å². The number of amides is 2. The smallest absolute Gasteiger partial charge is 0.244 e. The summed E-state index contributed by atoms with van der Waals surface area (Å²) in [7, 11) is -3.88. The molecule has 9 nitrogen and oxygen atoms in total. The van der Waals surface area contributed by atoms with Gasteiger partial charge in [-0.15, -0.1) is 0 Å². The molecule has 2 amide bonds. The lowest BCUT2D eigenvalue weighted by Crippen LogP contribution is -2.53. The molecule has 38 heavy (non-hydrogen) atoms. The van der Waals surface area contributed by atoms with Crippen LogP contribution in [0.3, 0.4) is 0 Å². The molecule has 11 heteroatoms. The van der Waals surface area contributed by atoms with E-state index in [9.17, 15) is 22.4 Å². The maximum atomic E-state index is 13.8. The van der Waals surface area contributed by atoms with E-state index in [0.717, 1.165) is 42.7 Å². The fourth-order valence-corrected chi connectivity index (χ4v) is 5.75. The van der Waals surface area contributed by atoms with Crippen LogP contribution in [0.4, 0.5) is 10.1 Å². The molecular formula is C27H34FN3O6S. The molecule has 0 aromatic heterocycles. The highest BCUT2D eigenvalue weighted by Crippen LogP contribution is 2.36. The van der Waals surface area contributed by atoms with Gasteiger partial charge in [-0.2, -0.15) is 0 Å². The summed E-state index contributed by atoms with van der Waals surface area (Å²) in [6.45, 7) is 1.33. The van der Waals surface area contributed by atoms with Crippen LogP contribution < -0.4 is 19.1 Å². The molecule has 1 aliphatic heterocycles. The molecule has 0 radical (unpaired) electrons. The number of halogens is 1. The summed E-state index contributed by atoms with van der Waals surface area (Å²) in [5.74, 6) is -0.381. The van der Waals surface area contributed by atoms with Crippen LogP contribution in [0, 0.1) is 5.82 Å². The second kappa shape index (κ2) is 12.0. The van der Waals surface area contributed by atoms with Crippen molar-refractivity contribution >= 4 is 27.5 Å². The van der Waals surface area contributed by atoms with E-state index < -0.39 is 34.3 Å². The Morgan fingerprint density at radius 3 is 2.39 bits per heavy atom. The summed E-state index contributed by atoms with van der Waals surface area (Å²) < 4.78 is 50.8. The maximum Gasteiger partial charge on any atom is 0.244 e. The Morgan fingerprint density at radius 2 is 1.74 bits per heavy atom. The number of hydrogen-bond acceptors (Lipinski definition) is 6. The van der Waals surface area contributed by atoms with E-state index in [1.54, 1.807) is 24.3 Å². The Kier molecular flexibility index (Phi) is 8.76. The van der Waals surface area contributed by atoms with Gasteiger partial charge in [0.2, 0.25) is 28.6 Å². The summed E-state index contributed by atoms with van der Waals surface area (Å²) in [5.41, 5.74) is 0.865. The summed E-state index contributed by atoms with van der Waals surface area (Å²) in [4.78, 5) is 28.6. The fraction of sp³-hybridized carbons (Fsp3) is 0.481. The Hall–Kier alpha value is -3.34. The van der Waals surface area contributed by atoms with Crippen molar-refractivity contribution in [3.63, 3.8) is 0 Å². The topological polar surface area (TPSA) is 105 Å². The molecule has 0 unspecified atom stereocenters. The molecule has 0 saturated heterocycles. The van der Waals surface area contributed by atoms with Crippen LogP contribution in [0.2, 0.25) is 0 Å². The number of rotatable bonds is 10. The van der Waals surface area contributed by atoms with E-state index in [0.29, 0.717) is 23.5 Å². The van der Waals surface area contributed by atoms with E-state index in [-0.39, 0.29) is 31.0 Å². The summed E-state index contributed by atoms with van der Waals surface area (Å²) in [6, 6.07) is 9.53. The normalized spacial score (nSPS) is 16.1. The number of nitrogens with zero attached hydrogens (tertiary/aromatic N) is 2. The van der Waals surface area contributed by atoms with Crippen molar-refractivity contribution in [3.8, 4) is 11.5 Å². The molecule has 2 aliphatic rings. The zero-order valence-corrected chi connectivity index (χ0v) is 22.5. The number of sulfonamides is 1. The molecule has 4 rings (SSSR count). The third-order valence-electron chi connectivity index (χ3n) is 6.93. The van der Waals surface area contributed by atoms with Crippen molar-refractivity contribution in [2.24, 2.45) is 0 Å². The first-order valence-electron chi connectivity index (χ1n) is 12.9. The number of carbonyl (C=O) groups excluding carboxylic acids is 2. The van der Waals surface area contributed by atoms with Gasteiger partial charge < -0.3 is 19.7 Å². The van der Waals surface area contributed by atoms with Crippen molar-refractivity contribution in [1.82, 2.24) is 10.2 Å². The summed E-state index contributed by atoms with van der Waals surface area (Å²) in [5, 5.41) is 3.09. The van der Waals surface area contributed by atoms with Crippen molar-refractivity contribution < 1.29 is 31.9 Å². The van der Waals surface area contributed by atoms with Crippen molar-refractivity contribution in [2.75, 3.05) is 23.9 Å². The minimum absolute atomic E-state index is 0.0223. The highest BCUT2D eigenvalue weighted by Gasteiger charge is 2.33. The molecule has 2 aromatic rings. The number of nitrogens with one attached hydrogen (secondary N) is 1. The summed E-state index contributed by atoms with van der Waals surface area (Å²) >= 11 is 0. The Balaban J connectivity index is 1.61. The third-order valence-corrected chi connectivity index (χ3v) is 8.07. The minimum atomic E-state index is -3.88. The number of fused-ring (bicyclic) bond motifs is 1. The number of ether oxygens (including phenoxy) is 2. The van der Waals surface area contributed by atoms with Gasteiger partial charge in [-0.25, -0.2) is 12.8 Å². The fourth-order valence-electron chi connectivity index (χ4n) is 4.90. The molecule has 0 spiro atoms. The van der Waals surface area contributed by atoms with E-state index in [1.165, 1.54) is 23.1 Å². The average molecular weight is 548 g/mol. The van der Waals surface area contributed by atoms with Gasteiger partial charge in [-0.3, -0.25) is 13.9 Å². The van der Waals surface area contributed by atoms with Crippen molar-refractivity contribution in [1.29, 1.82) is 0 Å². The lowest BCUT2D eigenvalue weighted by molar-refractivity contribution is -0.140. The van der Waals surface area contributed by atoms with E-state index in [4.69, 9.17) is 9.47 Å². The molecule has 1 heterocycles. The molecule has 2 aromatic carbocycles. The highest BCUT2D eigenvalue weighted by molar-refractivity contribution is 7.92. The SMILES string of the molecule is CC[C@H](C(=O)NC1CCCCC1)N(Cc1ccc(F)cc1)C(=O)CN(c1ccc2c(c1)OCO2)S(C)(=O)=O. The molecule has 1 fully saturated rings. The van der Waals surface area contributed by atoms with Crippen molar-refractivity contribution in [2.45, 2.75) is 64.1 Å². The molecule has 1 N–H and O–H groups in total. The Morgan fingerprint density at radius 1 is 1.05 bits per heavy atom. The van der Waals surface area contributed by atoms with Crippen LogP contribution in [-0.4, -0.2) is 56.8 Å². The molecular weight excluding hydrogens is 513 g/mol. The molecule has 1 saturated carbocycles. The zero-order chi connectivity index (χ0) is 27.3. The molecule has 206 valence electrons. The monoisotopic (exact) mass is 547 g/mol. The highest BCUT2D eigenvalue weighted by atomic mass is 32.2. The number of benzene rings is 2. The number of hydrogen-bond donors (Lipinski definition) is 1. The van der Waals surface area contributed by atoms with Gasteiger partial charge in [-0.1, -0.05) is 38.3 Å². The van der Waals surface area contributed by atoms with Crippen LogP contribution in [0.1, 0.15) is 51.0 Å². The molecule has 0 bridgehead atoms. The van der Waals surface area contributed by atoms with Gasteiger partial charge in [0, 0.05) is 18.7 Å². The number of carbonyl (C=O) groups is 2. The molecule has 1 atom stereocenters. The Bertz CT molecular complexity index is 1250. The third kappa shape index (κ3) is 6.75. The van der Waals surface area contributed by atoms with Gasteiger partial charge >= 0.3 is 0 Å². The first-order valence-corrected chi connectivity index (χ1v) is 14.7. The zero-order valence-electron chi connectivity index (χ0n) is 21.7. The van der Waals surface area contributed by atoms with Crippen LogP contribution in [0.5, 0.6) is 11.5 Å². The van der Waals surface area contributed by atoms with Crippen molar-refractivity contribution in [3.05, 3.63) is 53.8 Å². The summed E-state index contributed by atoms with van der Waals surface area (Å²) in [6.07, 6.45) is 6.34. The van der Waals surface area contributed by atoms with Crippen LogP contribution in [0.25, 0.3) is 0 Å². The van der Waals surface area contributed by atoms with Gasteiger partial charge in [-0.05, 0) is 49.1 Å². The second-order valence-corrected chi connectivity index (χ2v) is 11.6. The number of anilines is 1. The maximum absolute atomic E-state index is 13.8. The van der Waals surface area contributed by atoms with E-state index in [1.807, 2.05) is 6.92 Å². The molecule has 1 aliphatic carbocycles. The standard InChI is InChI=1S/C27H34FN3O6S/c1-3-23(27(33)29-21-7-5-4-6-8-21)30(16-19-9-11-20(28)12-10-19)26(32)17-31(38(2,34)35)22-13-14-24-25(15-22)37-18-36-24/h9-15,21,23H,3-8,16-18H2,1-2H3,(H,29,33)/t23-/m1/s1. The van der Waals surface area contributed by atoms with Gasteiger partial charge in [0.15, 0.2) is 11.5 Å². The lowest BCUT2D eigenvalue weighted by atomic mass is 9.95. The van der Waals surface area contributed by atoms with Crippen LogP contribution in [-0.2, 0) is 26.2 Å². The average Bonchev–Trinajstić information content (AvgIpc) is 3.36. The quantitative estimate of drug-likeness (QED) is 0.488. The predicted molar refractivity (Wildman–Crippen MR) is 141 cm³/mol. The second-order valence-electron chi connectivity index (χ2n) is 9.72. The largest absolute Gasteiger partial charge is 0.454 e. The van der Waals surface area contributed by atoms with E-state index >= 15 is 0 Å². The first kappa shape index (κ1) is 27.7. The van der Waals surface area contributed by atoms with Gasteiger partial charge in [0.1, 0.15) is 18.4 Å². The van der Waals surface area contributed by atoms with Crippen LogP contribution >= 0.6 is 0 Å². The minimum Gasteiger partial charge on any atom is -0.454 e.